The van der Waals surface area contributed by atoms with E-state index in [1.165, 1.54) is 6.42 Å². The number of hydrogen-bond donors (Lipinski definition) is 3. The molecule has 9 heteroatoms. The van der Waals surface area contributed by atoms with Crippen molar-refractivity contribution in [2.75, 3.05) is 0 Å². The van der Waals surface area contributed by atoms with Crippen LogP contribution >= 0.6 is 0 Å². The van der Waals surface area contributed by atoms with Crippen LogP contribution in [0.5, 0.6) is 0 Å². The highest BCUT2D eigenvalue weighted by molar-refractivity contribution is 6.62. The predicted octanol–water partition coefficient (Wildman–Crippen LogP) is 4.67. The first-order valence-corrected chi connectivity index (χ1v) is 11.6. The summed E-state index contributed by atoms with van der Waals surface area (Å²) in [4.78, 5) is 19.3. The summed E-state index contributed by atoms with van der Waals surface area (Å²) in [5.41, 5.74) is -0.159. The average molecular weight is 445 g/mol. The highest BCUT2D eigenvalue weighted by Gasteiger charge is 2.52. The Hall–Kier alpha value is -2.13. The quantitative estimate of drug-likeness (QED) is 0.595. The zero-order chi connectivity index (χ0) is 23.1. The third kappa shape index (κ3) is 4.37. The number of hydrogen-bond acceptors (Lipinski definition) is 4. The van der Waals surface area contributed by atoms with Crippen LogP contribution in [-0.4, -0.2) is 39.5 Å². The van der Waals surface area contributed by atoms with E-state index in [-0.39, 0.29) is 11.4 Å². The van der Waals surface area contributed by atoms with E-state index in [9.17, 15) is 9.90 Å². The number of nitrogens with one attached hydrogen (secondary N) is 2. The van der Waals surface area contributed by atoms with E-state index in [0.29, 0.717) is 16.8 Å². The summed E-state index contributed by atoms with van der Waals surface area (Å²) in [5, 5.41) is 12.1. The molecule has 4 rings (SSSR count). The van der Waals surface area contributed by atoms with Crippen LogP contribution in [0.2, 0.25) is 0 Å². The van der Waals surface area contributed by atoms with Gasteiger partial charge < -0.3 is 24.7 Å². The molecule has 0 radical (unpaired) electrons. The van der Waals surface area contributed by atoms with Gasteiger partial charge in [0.15, 0.2) is 5.82 Å². The maximum Gasteiger partial charge on any atom is 0.497 e. The lowest BCUT2D eigenvalue weighted by atomic mass is 9.78. The van der Waals surface area contributed by atoms with Crippen LogP contribution in [-0.2, 0) is 9.31 Å². The van der Waals surface area contributed by atoms with Gasteiger partial charge in [-0.25, -0.2) is 14.2 Å². The van der Waals surface area contributed by atoms with Gasteiger partial charge in [0.05, 0.1) is 22.8 Å². The van der Waals surface area contributed by atoms with Gasteiger partial charge in [0.1, 0.15) is 11.3 Å². The zero-order valence-electron chi connectivity index (χ0n) is 19.3. The number of aromatic nitrogens is 2. The molecule has 1 aromatic heterocycles. The average Bonchev–Trinajstić information content (AvgIpc) is 3.19. The molecule has 0 spiro atoms. The van der Waals surface area contributed by atoms with Crippen molar-refractivity contribution < 1.29 is 23.6 Å². The molecule has 1 aliphatic carbocycles. The molecular formula is C23H33BFN3O4. The monoisotopic (exact) mass is 445 g/mol. The molecule has 1 aromatic carbocycles. The van der Waals surface area contributed by atoms with Gasteiger partial charge >= 0.3 is 13.2 Å². The van der Waals surface area contributed by atoms with Crippen LogP contribution in [0.1, 0.15) is 84.5 Å². The molecule has 174 valence electrons. The van der Waals surface area contributed by atoms with E-state index >= 15 is 4.39 Å². The SMILES string of the molecule is CC1(C)OB(c2ccc3[nH]c(C(NC(=O)O)C4CCCCCCC4)nc3c2F)OC1(C)C. The Kier molecular flexibility index (Phi) is 6.24. The Labute approximate surface area is 188 Å². The van der Waals surface area contributed by atoms with Crippen molar-refractivity contribution in [1.29, 1.82) is 0 Å². The van der Waals surface area contributed by atoms with Crippen LogP contribution < -0.4 is 10.8 Å². The number of benzene rings is 1. The number of halogens is 1. The van der Waals surface area contributed by atoms with Crippen LogP contribution in [0.15, 0.2) is 12.1 Å². The van der Waals surface area contributed by atoms with Crippen molar-refractivity contribution in [3.05, 3.63) is 23.8 Å². The summed E-state index contributed by atoms with van der Waals surface area (Å²) < 4.78 is 27.6. The standard InChI is InChI=1S/C23H33BFN3O4/c1-22(2)23(3,4)32-24(31-22)15-12-13-16-19(17(15)25)27-20(26-16)18(28-21(29)30)14-10-8-6-5-7-9-11-14/h12-14,18,28H,5-11H2,1-4H3,(H,26,27)(H,29,30). The van der Waals surface area contributed by atoms with Crippen LogP contribution in [0.25, 0.3) is 11.0 Å². The second-order valence-electron chi connectivity index (χ2n) is 10.1. The highest BCUT2D eigenvalue weighted by atomic mass is 19.1. The fourth-order valence-corrected chi connectivity index (χ4v) is 4.74. The first-order valence-electron chi connectivity index (χ1n) is 11.6. The van der Waals surface area contributed by atoms with E-state index in [0.717, 1.165) is 38.5 Å². The fourth-order valence-electron chi connectivity index (χ4n) is 4.74. The Balaban J connectivity index is 1.67. The summed E-state index contributed by atoms with van der Waals surface area (Å²) in [5.74, 6) is 0.0748. The Morgan fingerprint density at radius 2 is 1.75 bits per heavy atom. The second-order valence-corrected chi connectivity index (χ2v) is 10.1. The molecule has 1 atom stereocenters. The lowest BCUT2D eigenvalue weighted by molar-refractivity contribution is 0.00578. The molecule has 32 heavy (non-hydrogen) atoms. The molecule has 1 saturated carbocycles. The topological polar surface area (TPSA) is 96.5 Å². The van der Waals surface area contributed by atoms with Crippen molar-refractivity contribution in [2.45, 2.75) is 89.9 Å². The van der Waals surface area contributed by atoms with Crippen molar-refractivity contribution in [1.82, 2.24) is 15.3 Å². The maximum absolute atomic E-state index is 15.5. The lowest BCUT2D eigenvalue weighted by Gasteiger charge is -2.32. The minimum Gasteiger partial charge on any atom is -0.465 e. The van der Waals surface area contributed by atoms with Gasteiger partial charge in [0, 0.05) is 5.46 Å². The Bertz CT molecular complexity index is 969. The van der Waals surface area contributed by atoms with E-state index in [1.807, 2.05) is 27.7 Å². The van der Waals surface area contributed by atoms with Crippen LogP contribution in [0.4, 0.5) is 9.18 Å². The highest BCUT2D eigenvalue weighted by Crippen LogP contribution is 2.37. The number of imidazole rings is 1. The zero-order valence-corrected chi connectivity index (χ0v) is 19.3. The van der Waals surface area contributed by atoms with E-state index in [4.69, 9.17) is 9.31 Å². The van der Waals surface area contributed by atoms with Crippen LogP contribution in [0.3, 0.4) is 0 Å². The molecule has 7 nitrogen and oxygen atoms in total. The fraction of sp³-hybridized carbons (Fsp3) is 0.652. The molecule has 2 heterocycles. The van der Waals surface area contributed by atoms with Crippen molar-refractivity contribution in [2.24, 2.45) is 5.92 Å². The van der Waals surface area contributed by atoms with Crippen LogP contribution in [0, 0.1) is 11.7 Å². The molecule has 1 saturated heterocycles. The van der Waals surface area contributed by atoms with Crippen molar-refractivity contribution in [3.63, 3.8) is 0 Å². The Morgan fingerprint density at radius 3 is 2.34 bits per heavy atom. The third-order valence-electron chi connectivity index (χ3n) is 7.34. The van der Waals surface area contributed by atoms with Crippen molar-refractivity contribution >= 4 is 29.7 Å². The van der Waals surface area contributed by atoms with Gasteiger partial charge in [-0.3, -0.25) is 0 Å². The summed E-state index contributed by atoms with van der Waals surface area (Å²) in [6.07, 6.45) is 6.39. The van der Waals surface area contributed by atoms with Gasteiger partial charge in [-0.15, -0.1) is 0 Å². The number of rotatable bonds is 4. The minimum absolute atomic E-state index is 0.123. The van der Waals surface area contributed by atoms with Gasteiger partial charge in [-0.2, -0.15) is 0 Å². The summed E-state index contributed by atoms with van der Waals surface area (Å²) in [6.45, 7) is 7.70. The van der Waals surface area contributed by atoms with E-state index in [2.05, 4.69) is 15.3 Å². The normalized spacial score (nSPS) is 22.5. The molecule has 1 amide bonds. The number of carbonyl (C=O) groups is 1. The molecule has 3 N–H and O–H groups in total. The maximum atomic E-state index is 15.5. The lowest BCUT2D eigenvalue weighted by Crippen LogP contribution is -2.41. The predicted molar refractivity (Wildman–Crippen MR) is 121 cm³/mol. The third-order valence-corrected chi connectivity index (χ3v) is 7.34. The largest absolute Gasteiger partial charge is 0.497 e. The molecule has 1 unspecified atom stereocenters. The Morgan fingerprint density at radius 1 is 1.16 bits per heavy atom. The first-order chi connectivity index (χ1) is 15.1. The number of H-pyrrole nitrogens is 1. The number of carboxylic acid groups (broad SMARTS) is 1. The van der Waals surface area contributed by atoms with Gasteiger partial charge in [0.25, 0.3) is 0 Å². The number of aromatic amines is 1. The second kappa shape index (κ2) is 8.67. The number of nitrogens with zero attached hydrogens (tertiary/aromatic N) is 1. The first kappa shape index (κ1) is 23.0. The van der Waals surface area contributed by atoms with Gasteiger partial charge in [-0.1, -0.05) is 38.2 Å². The number of fused-ring (bicyclic) bond motifs is 1. The van der Waals surface area contributed by atoms with Crippen molar-refractivity contribution in [3.8, 4) is 0 Å². The molecule has 2 aliphatic rings. The molecule has 1 aliphatic heterocycles. The van der Waals surface area contributed by atoms with E-state index < -0.39 is 36.3 Å². The van der Waals surface area contributed by atoms with Gasteiger partial charge in [0.2, 0.25) is 0 Å². The molecular weight excluding hydrogens is 412 g/mol. The van der Waals surface area contributed by atoms with E-state index in [1.54, 1.807) is 12.1 Å². The minimum atomic E-state index is -1.10. The molecule has 2 aromatic rings. The molecule has 0 bridgehead atoms. The summed E-state index contributed by atoms with van der Waals surface area (Å²) in [6, 6.07) is 2.90. The number of amides is 1. The smallest absolute Gasteiger partial charge is 0.465 e. The van der Waals surface area contributed by atoms with Gasteiger partial charge in [-0.05, 0) is 52.5 Å². The summed E-state index contributed by atoms with van der Waals surface area (Å²) >= 11 is 0. The molecule has 2 fully saturated rings. The summed E-state index contributed by atoms with van der Waals surface area (Å²) in [7, 11) is -0.830.